The quantitative estimate of drug-likeness (QED) is 0.705. The zero-order chi connectivity index (χ0) is 18.8. The Kier molecular flexibility index (Phi) is 4.45. The summed E-state index contributed by atoms with van der Waals surface area (Å²) in [5.41, 5.74) is 2.48. The monoisotopic (exact) mass is 369 g/mol. The zero-order valence-electron chi connectivity index (χ0n) is 14.8. The highest BCUT2D eigenvalue weighted by atomic mass is 16.5. The van der Waals surface area contributed by atoms with E-state index in [1.807, 2.05) is 0 Å². The number of hydrogen-bond donors (Lipinski definition) is 1. The molecular formula is C17H19N7O3. The molecular weight excluding hydrogens is 350 g/mol. The van der Waals surface area contributed by atoms with Crippen molar-refractivity contribution in [3.8, 4) is 11.6 Å². The van der Waals surface area contributed by atoms with Crippen molar-refractivity contribution in [1.29, 1.82) is 0 Å². The molecule has 0 bridgehead atoms. The Bertz CT molecular complexity index is 943. The normalized spacial score (nSPS) is 14.6. The molecule has 0 saturated carbocycles. The number of carbonyl (C=O) groups is 1. The zero-order valence-corrected chi connectivity index (χ0v) is 14.8. The standard InChI is InChI=1S/C17H19N7O3/c1-12-3-2-4-13(9-12)22-5-7-23(8-6-22)15-10-14(27-20-15)17-18-21-24(19-17)11-16(25)26/h2-4,9-10H,5-8,11H2,1H3,(H,25,26). The first-order valence-electron chi connectivity index (χ1n) is 8.62. The van der Waals surface area contributed by atoms with Crippen molar-refractivity contribution in [2.75, 3.05) is 36.0 Å². The summed E-state index contributed by atoms with van der Waals surface area (Å²) in [7, 11) is 0. The van der Waals surface area contributed by atoms with Crippen LogP contribution in [0.25, 0.3) is 11.6 Å². The van der Waals surface area contributed by atoms with Crippen LogP contribution in [0.3, 0.4) is 0 Å². The number of aliphatic carboxylic acids is 1. The van der Waals surface area contributed by atoms with Crippen molar-refractivity contribution in [1.82, 2.24) is 25.4 Å². The van der Waals surface area contributed by atoms with Crippen LogP contribution in [-0.4, -0.2) is 62.6 Å². The number of aromatic nitrogens is 5. The molecule has 2 aromatic heterocycles. The highest BCUT2D eigenvalue weighted by molar-refractivity contribution is 5.66. The maximum atomic E-state index is 10.7. The SMILES string of the molecule is Cc1cccc(N2CCN(c3cc(-c4nnn(CC(=O)O)n4)on3)CC2)c1. The lowest BCUT2D eigenvalue weighted by Gasteiger charge is -2.36. The molecule has 0 spiro atoms. The molecule has 1 aliphatic heterocycles. The smallest absolute Gasteiger partial charge is 0.327 e. The molecule has 0 radical (unpaired) electrons. The number of rotatable bonds is 5. The first kappa shape index (κ1) is 17.0. The van der Waals surface area contributed by atoms with E-state index >= 15 is 0 Å². The molecule has 4 rings (SSSR count). The van der Waals surface area contributed by atoms with Crippen molar-refractivity contribution >= 4 is 17.5 Å². The molecule has 1 saturated heterocycles. The van der Waals surface area contributed by atoms with E-state index in [1.165, 1.54) is 11.3 Å². The highest BCUT2D eigenvalue weighted by Gasteiger charge is 2.22. The van der Waals surface area contributed by atoms with E-state index in [9.17, 15) is 4.79 Å². The fourth-order valence-corrected chi connectivity index (χ4v) is 3.07. The molecule has 10 heteroatoms. The second-order valence-electron chi connectivity index (χ2n) is 6.40. The Morgan fingerprint density at radius 1 is 1.19 bits per heavy atom. The number of benzene rings is 1. The molecule has 1 N–H and O–H groups in total. The van der Waals surface area contributed by atoms with Gasteiger partial charge in [0.1, 0.15) is 0 Å². The van der Waals surface area contributed by atoms with E-state index in [0.29, 0.717) is 11.6 Å². The summed E-state index contributed by atoms with van der Waals surface area (Å²) in [6.07, 6.45) is 0. The maximum Gasteiger partial charge on any atom is 0.327 e. The van der Waals surface area contributed by atoms with Gasteiger partial charge in [0.05, 0.1) is 0 Å². The van der Waals surface area contributed by atoms with E-state index in [4.69, 9.17) is 9.63 Å². The third-order valence-corrected chi connectivity index (χ3v) is 4.42. The van der Waals surface area contributed by atoms with Crippen LogP contribution in [-0.2, 0) is 11.3 Å². The van der Waals surface area contributed by atoms with Gasteiger partial charge in [-0.3, -0.25) is 4.79 Å². The molecule has 0 aliphatic carbocycles. The van der Waals surface area contributed by atoms with Crippen LogP contribution >= 0.6 is 0 Å². The second kappa shape index (κ2) is 7.06. The molecule has 140 valence electrons. The Labute approximate surface area is 155 Å². The summed E-state index contributed by atoms with van der Waals surface area (Å²) >= 11 is 0. The highest BCUT2D eigenvalue weighted by Crippen LogP contribution is 2.24. The third kappa shape index (κ3) is 3.73. The summed E-state index contributed by atoms with van der Waals surface area (Å²) in [6.45, 7) is 5.15. The van der Waals surface area contributed by atoms with Gasteiger partial charge in [0.15, 0.2) is 12.4 Å². The predicted octanol–water partition coefficient (Wildman–Crippen LogP) is 1.05. The molecule has 1 aromatic carbocycles. The third-order valence-electron chi connectivity index (χ3n) is 4.42. The van der Waals surface area contributed by atoms with Gasteiger partial charge in [-0.2, -0.15) is 4.80 Å². The minimum Gasteiger partial charge on any atom is -0.480 e. The topological polar surface area (TPSA) is 113 Å². The summed E-state index contributed by atoms with van der Waals surface area (Å²) < 4.78 is 5.32. The Morgan fingerprint density at radius 3 is 2.70 bits per heavy atom. The lowest BCUT2D eigenvalue weighted by atomic mass is 10.2. The fraction of sp³-hybridized carbons (Fsp3) is 0.353. The van der Waals surface area contributed by atoms with Gasteiger partial charge in [-0.05, 0) is 29.8 Å². The fourth-order valence-electron chi connectivity index (χ4n) is 3.07. The number of aryl methyl sites for hydroxylation is 1. The van der Waals surface area contributed by atoms with Crippen LogP contribution in [0.2, 0.25) is 0 Å². The largest absolute Gasteiger partial charge is 0.480 e. The minimum absolute atomic E-state index is 0.216. The Hall–Kier alpha value is -3.43. The van der Waals surface area contributed by atoms with Crippen LogP contribution < -0.4 is 9.80 Å². The number of tetrazole rings is 1. The molecule has 10 nitrogen and oxygen atoms in total. The van der Waals surface area contributed by atoms with E-state index < -0.39 is 5.97 Å². The molecule has 27 heavy (non-hydrogen) atoms. The van der Waals surface area contributed by atoms with Crippen molar-refractivity contribution < 1.29 is 14.4 Å². The van der Waals surface area contributed by atoms with Crippen LogP contribution in [0.4, 0.5) is 11.5 Å². The lowest BCUT2D eigenvalue weighted by Crippen LogP contribution is -2.46. The number of carboxylic acids is 1. The minimum atomic E-state index is -1.04. The van der Waals surface area contributed by atoms with Gasteiger partial charge in [-0.1, -0.05) is 17.3 Å². The van der Waals surface area contributed by atoms with Crippen molar-refractivity contribution in [3.63, 3.8) is 0 Å². The van der Waals surface area contributed by atoms with Crippen LogP contribution in [0.15, 0.2) is 34.9 Å². The van der Waals surface area contributed by atoms with Gasteiger partial charge in [-0.25, -0.2) is 0 Å². The number of carboxylic acid groups (broad SMARTS) is 1. The first-order valence-corrected chi connectivity index (χ1v) is 8.62. The molecule has 0 atom stereocenters. The van der Waals surface area contributed by atoms with Crippen LogP contribution in [0.1, 0.15) is 5.56 Å². The maximum absolute atomic E-state index is 10.7. The number of hydrogen-bond acceptors (Lipinski definition) is 8. The van der Waals surface area contributed by atoms with Gasteiger partial charge < -0.3 is 19.4 Å². The van der Waals surface area contributed by atoms with Gasteiger partial charge in [-0.15, -0.1) is 10.2 Å². The van der Waals surface area contributed by atoms with E-state index in [1.54, 1.807) is 6.07 Å². The van der Waals surface area contributed by atoms with Crippen LogP contribution in [0.5, 0.6) is 0 Å². The van der Waals surface area contributed by atoms with Gasteiger partial charge >= 0.3 is 5.97 Å². The molecule has 1 aliphatic rings. The molecule has 3 aromatic rings. The summed E-state index contributed by atoms with van der Waals surface area (Å²) in [6, 6.07) is 10.2. The lowest BCUT2D eigenvalue weighted by molar-refractivity contribution is -0.138. The van der Waals surface area contributed by atoms with Crippen molar-refractivity contribution in [2.24, 2.45) is 0 Å². The average Bonchev–Trinajstić information content (AvgIpc) is 3.31. The second-order valence-corrected chi connectivity index (χ2v) is 6.40. The van der Waals surface area contributed by atoms with Gasteiger partial charge in [0, 0.05) is 37.9 Å². The van der Waals surface area contributed by atoms with Gasteiger partial charge in [0.2, 0.25) is 11.6 Å². The number of anilines is 2. The summed E-state index contributed by atoms with van der Waals surface area (Å²) in [4.78, 5) is 16.2. The molecule has 3 heterocycles. The number of nitrogens with zero attached hydrogens (tertiary/aromatic N) is 7. The average molecular weight is 369 g/mol. The summed E-state index contributed by atoms with van der Waals surface area (Å²) in [5.74, 6) is 0.253. The van der Waals surface area contributed by atoms with E-state index in [-0.39, 0.29) is 12.4 Å². The summed E-state index contributed by atoms with van der Waals surface area (Å²) in [5, 5.41) is 24.4. The van der Waals surface area contributed by atoms with Gasteiger partial charge in [0.25, 0.3) is 0 Å². The molecule has 0 amide bonds. The van der Waals surface area contributed by atoms with Crippen molar-refractivity contribution in [2.45, 2.75) is 13.5 Å². The molecule has 0 unspecified atom stereocenters. The first-order chi connectivity index (χ1) is 13.1. The van der Waals surface area contributed by atoms with Crippen molar-refractivity contribution in [3.05, 3.63) is 35.9 Å². The predicted molar refractivity (Wildman–Crippen MR) is 96.6 cm³/mol. The molecule has 1 fully saturated rings. The Morgan fingerprint density at radius 2 is 1.96 bits per heavy atom. The van der Waals surface area contributed by atoms with E-state index in [0.717, 1.165) is 31.0 Å². The Balaban J connectivity index is 1.41. The number of piperazine rings is 1. The van der Waals surface area contributed by atoms with E-state index in [2.05, 4.69) is 61.6 Å². The van der Waals surface area contributed by atoms with Crippen LogP contribution in [0, 0.1) is 6.92 Å².